The molecule has 52 heavy (non-hydrogen) atoms. The van der Waals surface area contributed by atoms with Crippen LogP contribution in [-0.2, 0) is 32.1 Å². The Morgan fingerprint density at radius 1 is 1.08 bits per heavy atom. The van der Waals surface area contributed by atoms with Crippen LogP contribution in [0.15, 0.2) is 41.7 Å². The van der Waals surface area contributed by atoms with Gasteiger partial charge in [0.2, 0.25) is 11.8 Å². The molecule has 2 aromatic carbocycles. The standard InChI is InChI=1S/C37H48ClF2N5O7/c1-37(36(48)52-20-22-10-11-23(49-3)18-30(22)50-4)15-6-5-8-25(37)35(47)45-17-14-24-26(38)12-13-29(51-21-27(41)33(34(39)40)43(2)42)32(24)28(45)19-44-16-7-9-31(44)46/h10-13,18,25,28,34H,5-9,14-17,19-21,41-42H2,1-4H3/b33-27-/t25-,28+,37-/m0/s1. The van der Waals surface area contributed by atoms with Gasteiger partial charge in [-0.15, -0.1) is 0 Å². The van der Waals surface area contributed by atoms with E-state index in [-0.39, 0.29) is 37.2 Å². The summed E-state index contributed by atoms with van der Waals surface area (Å²) < 4.78 is 50.3. The van der Waals surface area contributed by atoms with Gasteiger partial charge in [-0.1, -0.05) is 24.4 Å². The fraction of sp³-hybridized carbons (Fsp3) is 0.541. The number of hydrazine groups is 1. The maximum absolute atomic E-state index is 14.9. The van der Waals surface area contributed by atoms with Crippen molar-refractivity contribution in [3.63, 3.8) is 0 Å². The fourth-order valence-electron chi connectivity index (χ4n) is 7.67. The highest BCUT2D eigenvalue weighted by Gasteiger charge is 2.51. The number of hydrogen-bond acceptors (Lipinski definition) is 10. The first-order chi connectivity index (χ1) is 24.8. The molecule has 1 saturated carbocycles. The second-order valence-electron chi connectivity index (χ2n) is 13.8. The second kappa shape index (κ2) is 16.6. The lowest BCUT2D eigenvalue weighted by atomic mass is 9.66. The van der Waals surface area contributed by atoms with Gasteiger partial charge in [-0.25, -0.2) is 14.6 Å². The number of allylic oxidation sites excluding steroid dienone is 1. The molecule has 3 atom stereocenters. The lowest BCUT2D eigenvalue weighted by Crippen LogP contribution is -2.53. The minimum absolute atomic E-state index is 0.0382. The molecule has 2 fully saturated rings. The lowest BCUT2D eigenvalue weighted by Gasteiger charge is -2.45. The summed E-state index contributed by atoms with van der Waals surface area (Å²) in [4.78, 5) is 45.2. The summed E-state index contributed by atoms with van der Waals surface area (Å²) in [5, 5.41) is 1.20. The van der Waals surface area contributed by atoms with Crippen LogP contribution in [0.1, 0.15) is 68.2 Å². The van der Waals surface area contributed by atoms with E-state index >= 15 is 0 Å². The zero-order chi connectivity index (χ0) is 37.7. The largest absolute Gasteiger partial charge is 0.497 e. The highest BCUT2D eigenvalue weighted by Crippen LogP contribution is 2.47. The normalized spacial score (nSPS) is 22.1. The number of esters is 1. The number of carbonyl (C=O) groups is 3. The number of carbonyl (C=O) groups excluding carboxylic acids is 3. The number of nitrogens with two attached hydrogens (primary N) is 2. The Morgan fingerprint density at radius 3 is 2.50 bits per heavy atom. The molecule has 2 aliphatic heterocycles. The predicted molar refractivity (Wildman–Crippen MR) is 189 cm³/mol. The maximum atomic E-state index is 14.9. The molecule has 2 aromatic rings. The van der Waals surface area contributed by atoms with Gasteiger partial charge < -0.3 is 39.5 Å². The van der Waals surface area contributed by atoms with Gasteiger partial charge in [-0.2, -0.15) is 0 Å². The number of rotatable bonds is 13. The van der Waals surface area contributed by atoms with Crippen LogP contribution >= 0.6 is 11.6 Å². The predicted octanol–water partition coefficient (Wildman–Crippen LogP) is 4.97. The zero-order valence-corrected chi connectivity index (χ0v) is 30.8. The van der Waals surface area contributed by atoms with Crippen molar-refractivity contribution >= 4 is 29.4 Å². The molecule has 5 rings (SSSR count). The van der Waals surface area contributed by atoms with Gasteiger partial charge in [0.25, 0.3) is 6.43 Å². The van der Waals surface area contributed by atoms with Crippen molar-refractivity contribution in [2.24, 2.45) is 22.9 Å². The molecule has 12 nitrogen and oxygen atoms in total. The molecule has 1 aliphatic carbocycles. The molecule has 3 aliphatic rings. The second-order valence-corrected chi connectivity index (χ2v) is 14.2. The molecule has 2 heterocycles. The molecule has 2 amide bonds. The first-order valence-corrected chi connectivity index (χ1v) is 17.8. The number of likely N-dealkylation sites (tertiary alicyclic amines) is 1. The minimum Gasteiger partial charge on any atom is -0.497 e. The van der Waals surface area contributed by atoms with Crippen LogP contribution in [0.3, 0.4) is 0 Å². The van der Waals surface area contributed by atoms with E-state index in [1.165, 1.54) is 14.2 Å². The summed E-state index contributed by atoms with van der Waals surface area (Å²) in [6.07, 6.45) is 0.925. The number of nitrogens with zero attached hydrogens (tertiary/aromatic N) is 3. The number of halogens is 3. The Bertz CT molecular complexity index is 1680. The molecular weight excluding hydrogens is 700 g/mol. The maximum Gasteiger partial charge on any atom is 0.312 e. The number of hydrogen-bond donors (Lipinski definition) is 2. The van der Waals surface area contributed by atoms with Crippen LogP contribution in [0.25, 0.3) is 0 Å². The molecule has 0 bridgehead atoms. The summed E-state index contributed by atoms with van der Waals surface area (Å²) in [6, 6.07) is 7.80. The third-order valence-corrected chi connectivity index (χ3v) is 10.9. The molecule has 0 spiro atoms. The Balaban J connectivity index is 1.47. The summed E-state index contributed by atoms with van der Waals surface area (Å²) in [7, 11) is 4.33. The van der Waals surface area contributed by atoms with Crippen molar-refractivity contribution in [2.45, 2.75) is 70.9 Å². The van der Waals surface area contributed by atoms with Gasteiger partial charge in [0.15, 0.2) is 0 Å². The van der Waals surface area contributed by atoms with Gasteiger partial charge in [-0.05, 0) is 62.4 Å². The van der Waals surface area contributed by atoms with Crippen LogP contribution in [0.5, 0.6) is 17.2 Å². The first kappa shape index (κ1) is 38.9. The van der Waals surface area contributed by atoms with Crippen LogP contribution in [-0.4, -0.2) is 86.5 Å². The van der Waals surface area contributed by atoms with E-state index in [0.717, 1.165) is 23.4 Å². The summed E-state index contributed by atoms with van der Waals surface area (Å²) in [6.45, 7) is 2.28. The molecular formula is C37H48ClF2N5O7. The Morgan fingerprint density at radius 2 is 1.85 bits per heavy atom. The number of benzene rings is 2. The highest BCUT2D eigenvalue weighted by atomic mass is 35.5. The van der Waals surface area contributed by atoms with Gasteiger partial charge >= 0.3 is 5.97 Å². The third kappa shape index (κ3) is 8.02. The van der Waals surface area contributed by atoms with Crippen molar-refractivity contribution in [3.05, 3.63) is 63.4 Å². The van der Waals surface area contributed by atoms with Gasteiger partial charge in [-0.3, -0.25) is 14.4 Å². The average Bonchev–Trinajstić information content (AvgIpc) is 3.53. The summed E-state index contributed by atoms with van der Waals surface area (Å²) in [5.41, 5.74) is 6.02. The van der Waals surface area contributed by atoms with E-state index in [9.17, 15) is 23.2 Å². The first-order valence-electron chi connectivity index (χ1n) is 17.5. The van der Waals surface area contributed by atoms with Crippen LogP contribution in [0.2, 0.25) is 5.02 Å². The smallest absolute Gasteiger partial charge is 0.312 e. The van der Waals surface area contributed by atoms with Crippen LogP contribution in [0.4, 0.5) is 8.78 Å². The quantitative estimate of drug-likeness (QED) is 0.164. The molecule has 0 aromatic heterocycles. The van der Waals surface area contributed by atoms with Crippen molar-refractivity contribution in [1.82, 2.24) is 14.8 Å². The molecule has 4 N–H and O–H groups in total. The highest BCUT2D eigenvalue weighted by molar-refractivity contribution is 6.31. The number of methoxy groups -OCH3 is 2. The number of alkyl halides is 2. The Kier molecular flexibility index (Phi) is 12.4. The van der Waals surface area contributed by atoms with E-state index in [1.54, 1.807) is 54.2 Å². The average molecular weight is 748 g/mol. The van der Waals surface area contributed by atoms with E-state index in [4.69, 9.17) is 42.1 Å². The number of fused-ring (bicyclic) bond motifs is 1. The van der Waals surface area contributed by atoms with Gasteiger partial charge in [0.1, 0.15) is 36.2 Å². The lowest BCUT2D eigenvalue weighted by molar-refractivity contribution is -0.169. The summed E-state index contributed by atoms with van der Waals surface area (Å²) >= 11 is 6.73. The summed E-state index contributed by atoms with van der Waals surface area (Å²) in [5.74, 6) is 5.55. The molecule has 284 valence electrons. The van der Waals surface area contributed by atoms with E-state index in [2.05, 4.69) is 0 Å². The van der Waals surface area contributed by atoms with Crippen molar-refractivity contribution < 1.29 is 42.1 Å². The minimum atomic E-state index is -2.94. The van der Waals surface area contributed by atoms with Crippen molar-refractivity contribution in [2.75, 3.05) is 47.5 Å². The molecule has 1 saturated heterocycles. The van der Waals surface area contributed by atoms with Crippen LogP contribution in [0, 0.1) is 11.3 Å². The molecule has 0 unspecified atom stereocenters. The molecule has 0 radical (unpaired) electrons. The van der Waals surface area contributed by atoms with Gasteiger partial charge in [0, 0.05) is 55.3 Å². The number of amides is 2. The van der Waals surface area contributed by atoms with Gasteiger partial charge in [0.05, 0.1) is 37.3 Å². The van der Waals surface area contributed by atoms with Crippen LogP contribution < -0.4 is 25.8 Å². The Labute approximate surface area is 307 Å². The monoisotopic (exact) mass is 747 g/mol. The van der Waals surface area contributed by atoms with E-state index < -0.39 is 42.1 Å². The van der Waals surface area contributed by atoms with Crippen molar-refractivity contribution in [1.29, 1.82) is 0 Å². The SMILES string of the molecule is COc1ccc(COC(=O)[C@@]2(C)CCCC[C@H]2C(=O)N2CCc3c(Cl)ccc(OC/C(N)=C(\C(F)F)N(C)N)c3[C@H]2CN2CCCC2=O)c(OC)c1. The third-order valence-electron chi connectivity index (χ3n) is 10.5. The number of ether oxygens (including phenoxy) is 4. The fourth-order valence-corrected chi connectivity index (χ4v) is 7.93. The van der Waals surface area contributed by atoms with E-state index in [0.29, 0.717) is 72.0 Å². The topological polar surface area (TPSA) is 150 Å². The molecule has 15 heteroatoms. The van der Waals surface area contributed by atoms with Crippen molar-refractivity contribution in [3.8, 4) is 17.2 Å². The zero-order valence-electron chi connectivity index (χ0n) is 30.1. The Hall–Kier alpha value is -4.30. The van der Waals surface area contributed by atoms with E-state index in [1.807, 2.05) is 0 Å².